The molecule has 0 aliphatic heterocycles. The summed E-state index contributed by atoms with van der Waals surface area (Å²) in [6, 6.07) is 9.34. The SMILES string of the molecule is CCCCn1c(=O)c2cc3c(=O)n(CCCC)c(=O)c3c(C#Cc3ccc(C#Cc4c5c(=O)n(CCCC)c(=O)c5cc5c(=O)n(CCCC)c(=O)c45)cc3)c2c1=O. The first-order valence-corrected chi connectivity index (χ1v) is 20.0. The van der Waals surface area contributed by atoms with Gasteiger partial charge >= 0.3 is 0 Å². The van der Waals surface area contributed by atoms with Crippen LogP contribution in [0.3, 0.4) is 0 Å². The number of nitrogens with zero attached hydrogens (tertiary/aromatic N) is 4. The Hall–Kier alpha value is -6.66. The standard InChI is InChI=1S/C46H42N4O8/c1-5-9-21-47-39(51)31-25-32-36(44(56)48(40(32)52)22-10-6-2)29(35(31)43(47)55)19-17-27-13-15-28(16-14-27)18-20-30-37-33(41(53)49(45(37)57)23-11-7-3)26-34-38(30)46(58)50(42(34)54)24-12-8-4/h13-16,25-26H,5-12,21-24H2,1-4H3. The molecule has 12 heteroatoms. The molecule has 7 aromatic rings. The molecule has 7 rings (SSSR count). The minimum Gasteiger partial charge on any atom is -0.274 e. The van der Waals surface area contributed by atoms with Gasteiger partial charge in [-0.25, -0.2) is 0 Å². The highest BCUT2D eigenvalue weighted by molar-refractivity contribution is 6.05. The zero-order chi connectivity index (χ0) is 41.4. The van der Waals surface area contributed by atoms with Crippen LogP contribution in [0.4, 0.5) is 0 Å². The third kappa shape index (κ3) is 6.48. The Bertz CT molecular complexity index is 2950. The molecule has 4 aromatic heterocycles. The van der Waals surface area contributed by atoms with Gasteiger partial charge in [-0.2, -0.15) is 0 Å². The van der Waals surface area contributed by atoms with Gasteiger partial charge in [0.1, 0.15) is 0 Å². The van der Waals surface area contributed by atoms with E-state index in [1.54, 1.807) is 24.3 Å². The molecule has 0 atom stereocenters. The molecule has 294 valence electrons. The number of hydrogen-bond donors (Lipinski definition) is 0. The maximum absolute atomic E-state index is 13.7. The van der Waals surface area contributed by atoms with Crippen molar-refractivity contribution in [2.75, 3.05) is 0 Å². The molecule has 0 spiro atoms. The molecular formula is C46H42N4O8. The van der Waals surface area contributed by atoms with Crippen LogP contribution < -0.4 is 44.5 Å². The highest BCUT2D eigenvalue weighted by atomic mass is 16.2. The Morgan fingerprint density at radius 2 is 0.603 bits per heavy atom. The molecule has 0 aliphatic rings. The summed E-state index contributed by atoms with van der Waals surface area (Å²) in [4.78, 5) is 109. The fourth-order valence-electron chi connectivity index (χ4n) is 7.65. The Labute approximate surface area is 331 Å². The third-order valence-electron chi connectivity index (χ3n) is 10.9. The maximum Gasteiger partial charge on any atom is 0.262 e. The molecule has 0 amide bonds. The van der Waals surface area contributed by atoms with Crippen LogP contribution in [0.2, 0.25) is 0 Å². The Balaban J connectivity index is 1.36. The zero-order valence-corrected chi connectivity index (χ0v) is 33.0. The van der Waals surface area contributed by atoms with E-state index in [0.717, 1.165) is 44.0 Å². The lowest BCUT2D eigenvalue weighted by atomic mass is 10.0. The first-order chi connectivity index (χ1) is 28.0. The fraction of sp³-hybridized carbons (Fsp3) is 0.348. The van der Waals surface area contributed by atoms with Crippen molar-refractivity contribution in [3.05, 3.63) is 141 Å². The average Bonchev–Trinajstić information content (AvgIpc) is 3.81. The van der Waals surface area contributed by atoms with Crippen molar-refractivity contribution < 1.29 is 0 Å². The Morgan fingerprint density at radius 1 is 0.362 bits per heavy atom. The van der Waals surface area contributed by atoms with Crippen molar-refractivity contribution >= 4 is 43.1 Å². The summed E-state index contributed by atoms with van der Waals surface area (Å²) in [5.41, 5.74) is -3.30. The van der Waals surface area contributed by atoms with Gasteiger partial charge in [-0.05, 0) is 62.1 Å². The highest BCUT2D eigenvalue weighted by Gasteiger charge is 2.25. The van der Waals surface area contributed by atoms with Crippen molar-refractivity contribution in [1.82, 2.24) is 18.3 Å². The largest absolute Gasteiger partial charge is 0.274 e. The predicted molar refractivity (Wildman–Crippen MR) is 228 cm³/mol. The van der Waals surface area contributed by atoms with Gasteiger partial charge in [-0.15, -0.1) is 0 Å². The molecule has 0 bridgehead atoms. The minimum absolute atomic E-state index is 0.0128. The van der Waals surface area contributed by atoms with Gasteiger partial charge in [0.05, 0.1) is 54.2 Å². The second-order valence-corrected chi connectivity index (χ2v) is 14.7. The van der Waals surface area contributed by atoms with E-state index in [0.29, 0.717) is 36.8 Å². The second kappa shape index (κ2) is 16.1. The van der Waals surface area contributed by atoms with Crippen molar-refractivity contribution in [2.45, 2.75) is 105 Å². The predicted octanol–water partition coefficient (Wildman–Crippen LogP) is 4.14. The summed E-state index contributed by atoms with van der Waals surface area (Å²) in [5, 5.41) is 0.253. The monoisotopic (exact) mass is 778 g/mol. The van der Waals surface area contributed by atoms with E-state index in [-0.39, 0.29) is 80.4 Å². The fourth-order valence-corrected chi connectivity index (χ4v) is 7.65. The van der Waals surface area contributed by atoms with Crippen LogP contribution in [0.15, 0.2) is 74.8 Å². The van der Waals surface area contributed by atoms with Gasteiger partial charge in [0.15, 0.2) is 0 Å². The molecule has 0 saturated carbocycles. The van der Waals surface area contributed by atoms with Crippen LogP contribution in [0.5, 0.6) is 0 Å². The van der Waals surface area contributed by atoms with Crippen LogP contribution in [0, 0.1) is 23.7 Å². The molecule has 0 N–H and O–H groups in total. The number of hydrogen-bond acceptors (Lipinski definition) is 8. The summed E-state index contributed by atoms with van der Waals surface area (Å²) >= 11 is 0. The van der Waals surface area contributed by atoms with Crippen molar-refractivity contribution in [3.63, 3.8) is 0 Å². The highest BCUT2D eigenvalue weighted by Crippen LogP contribution is 2.23. The van der Waals surface area contributed by atoms with Crippen molar-refractivity contribution in [1.29, 1.82) is 0 Å². The summed E-state index contributed by atoms with van der Waals surface area (Å²) < 4.78 is 4.56. The first kappa shape index (κ1) is 39.6. The number of rotatable bonds is 12. The van der Waals surface area contributed by atoms with E-state index >= 15 is 0 Å². The van der Waals surface area contributed by atoms with E-state index < -0.39 is 44.5 Å². The van der Waals surface area contributed by atoms with Crippen LogP contribution in [0.25, 0.3) is 43.1 Å². The smallest absolute Gasteiger partial charge is 0.262 e. The lowest BCUT2D eigenvalue weighted by Gasteiger charge is -1.98. The molecule has 0 radical (unpaired) electrons. The van der Waals surface area contributed by atoms with Gasteiger partial charge in [0, 0.05) is 37.3 Å². The summed E-state index contributed by atoms with van der Waals surface area (Å²) in [6.07, 6.45) is 5.38. The third-order valence-corrected chi connectivity index (χ3v) is 10.9. The van der Waals surface area contributed by atoms with Crippen LogP contribution in [-0.4, -0.2) is 18.3 Å². The molecular weight excluding hydrogens is 737 g/mol. The average molecular weight is 779 g/mol. The normalized spacial score (nSPS) is 11.5. The molecule has 58 heavy (non-hydrogen) atoms. The first-order valence-electron chi connectivity index (χ1n) is 20.0. The molecule has 3 aromatic carbocycles. The Morgan fingerprint density at radius 3 is 0.828 bits per heavy atom. The molecule has 12 nitrogen and oxygen atoms in total. The maximum atomic E-state index is 13.7. The van der Waals surface area contributed by atoms with Gasteiger partial charge < -0.3 is 0 Å². The number of aromatic nitrogens is 4. The van der Waals surface area contributed by atoms with E-state index in [2.05, 4.69) is 23.7 Å². The lowest BCUT2D eigenvalue weighted by molar-refractivity contribution is 0.608. The van der Waals surface area contributed by atoms with Gasteiger partial charge in [-0.3, -0.25) is 56.6 Å². The van der Waals surface area contributed by atoms with E-state index in [1.165, 1.54) is 12.1 Å². The van der Waals surface area contributed by atoms with Crippen LogP contribution in [-0.2, 0) is 26.2 Å². The summed E-state index contributed by atoms with van der Waals surface area (Å²) in [5.74, 6) is 12.0. The topological polar surface area (TPSA) is 156 Å². The summed E-state index contributed by atoms with van der Waals surface area (Å²) in [6.45, 7) is 8.57. The van der Waals surface area contributed by atoms with E-state index in [1.807, 2.05) is 27.7 Å². The lowest BCUT2D eigenvalue weighted by Crippen LogP contribution is -2.26. The number of unbranched alkanes of at least 4 members (excludes halogenated alkanes) is 4. The molecule has 4 heterocycles. The van der Waals surface area contributed by atoms with E-state index in [9.17, 15) is 38.4 Å². The second-order valence-electron chi connectivity index (χ2n) is 14.7. The van der Waals surface area contributed by atoms with Gasteiger partial charge in [0.2, 0.25) is 0 Å². The summed E-state index contributed by atoms with van der Waals surface area (Å²) in [7, 11) is 0. The minimum atomic E-state index is -0.556. The Kier molecular flexibility index (Phi) is 11.0. The number of fused-ring (bicyclic) bond motifs is 4. The molecule has 0 unspecified atom stereocenters. The molecule has 0 fully saturated rings. The van der Waals surface area contributed by atoms with Gasteiger partial charge in [0.25, 0.3) is 44.5 Å². The molecule has 0 saturated heterocycles. The van der Waals surface area contributed by atoms with E-state index in [4.69, 9.17) is 0 Å². The number of benzene rings is 3. The molecule has 0 aliphatic carbocycles. The van der Waals surface area contributed by atoms with Crippen molar-refractivity contribution in [2.24, 2.45) is 0 Å². The van der Waals surface area contributed by atoms with Gasteiger partial charge in [-0.1, -0.05) is 77.1 Å². The van der Waals surface area contributed by atoms with Crippen molar-refractivity contribution in [3.8, 4) is 23.7 Å². The zero-order valence-electron chi connectivity index (χ0n) is 33.0. The van der Waals surface area contributed by atoms with Crippen LogP contribution in [0.1, 0.15) is 101 Å². The van der Waals surface area contributed by atoms with Crippen LogP contribution >= 0.6 is 0 Å². The quantitative estimate of drug-likeness (QED) is 0.168.